The number of carbonyl (C=O) groups is 2. The maximum atomic E-state index is 12.1. The van der Waals surface area contributed by atoms with Gasteiger partial charge in [0.25, 0.3) is 0 Å². The zero-order valence-electron chi connectivity index (χ0n) is 11.3. The fourth-order valence-corrected chi connectivity index (χ4v) is 2.12. The van der Waals surface area contributed by atoms with Crippen molar-refractivity contribution in [2.45, 2.75) is 13.8 Å². The van der Waals surface area contributed by atoms with Gasteiger partial charge in [-0.1, -0.05) is 32.1 Å². The van der Waals surface area contributed by atoms with Crippen molar-refractivity contribution in [2.24, 2.45) is 17.6 Å². The molecule has 106 valence electrons. The highest BCUT2D eigenvalue weighted by atomic mass is 32.1. The number of ether oxygens (including phenoxy) is 1. The smallest absolute Gasteiger partial charge is 0.237 e. The van der Waals surface area contributed by atoms with E-state index in [2.05, 4.69) is 0 Å². The fourth-order valence-electron chi connectivity index (χ4n) is 2.06. The highest BCUT2D eigenvalue weighted by molar-refractivity contribution is 7.80. The van der Waals surface area contributed by atoms with Gasteiger partial charge in [-0.25, -0.2) is 4.90 Å². The molecule has 0 aliphatic carbocycles. The van der Waals surface area contributed by atoms with Crippen molar-refractivity contribution in [2.75, 3.05) is 11.5 Å². The third-order valence-corrected chi connectivity index (χ3v) is 3.54. The molecule has 2 atom stereocenters. The van der Waals surface area contributed by atoms with E-state index >= 15 is 0 Å². The van der Waals surface area contributed by atoms with Crippen molar-refractivity contribution in [3.63, 3.8) is 0 Å². The molecule has 1 heterocycles. The Morgan fingerprint density at radius 3 is 2.45 bits per heavy atom. The Morgan fingerprint density at radius 2 is 1.90 bits per heavy atom. The van der Waals surface area contributed by atoms with Crippen molar-refractivity contribution < 1.29 is 14.3 Å². The molecule has 1 aliphatic rings. The lowest BCUT2D eigenvalue weighted by molar-refractivity contribution is -0.122. The fraction of sp³-hybridized carbons (Fsp3) is 0.357. The number of hydrogen-bond donors (Lipinski definition) is 1. The normalized spacial score (nSPS) is 22.2. The lowest BCUT2D eigenvalue weighted by Crippen LogP contribution is -2.30. The zero-order chi connectivity index (χ0) is 14.9. The molecule has 0 saturated carbocycles. The summed E-state index contributed by atoms with van der Waals surface area (Å²) in [6.45, 7) is 3.64. The molecular formula is C14H16N2O3S. The summed E-state index contributed by atoms with van der Waals surface area (Å²) in [4.78, 5) is 25.7. The number of thiocarbonyl (C=S) groups is 1. The van der Waals surface area contributed by atoms with Crippen molar-refractivity contribution >= 4 is 34.7 Å². The molecule has 1 aromatic rings. The van der Waals surface area contributed by atoms with Gasteiger partial charge in [-0.3, -0.25) is 9.59 Å². The molecule has 2 rings (SSSR count). The summed E-state index contributed by atoms with van der Waals surface area (Å²) in [6, 6.07) is 6.78. The Hall–Kier alpha value is -1.95. The summed E-state index contributed by atoms with van der Waals surface area (Å²) in [6.07, 6.45) is 0. The third kappa shape index (κ3) is 2.65. The summed E-state index contributed by atoms with van der Waals surface area (Å²) in [5.74, 6) is -0.460. The van der Waals surface area contributed by atoms with Crippen LogP contribution in [0, 0.1) is 11.8 Å². The first-order valence-electron chi connectivity index (χ1n) is 6.30. The molecule has 20 heavy (non-hydrogen) atoms. The molecule has 1 fully saturated rings. The molecule has 2 amide bonds. The van der Waals surface area contributed by atoms with Crippen LogP contribution < -0.4 is 15.4 Å². The molecule has 2 N–H and O–H groups in total. The van der Waals surface area contributed by atoms with Crippen LogP contribution in [-0.4, -0.2) is 23.4 Å². The van der Waals surface area contributed by atoms with Crippen molar-refractivity contribution in [1.29, 1.82) is 0 Å². The molecule has 1 aromatic carbocycles. The van der Waals surface area contributed by atoms with Crippen molar-refractivity contribution in [3.05, 3.63) is 24.3 Å². The molecule has 6 heteroatoms. The van der Waals surface area contributed by atoms with E-state index in [1.54, 1.807) is 38.1 Å². The number of imide groups is 1. The van der Waals surface area contributed by atoms with Crippen LogP contribution >= 0.6 is 12.2 Å². The van der Waals surface area contributed by atoms with E-state index in [9.17, 15) is 9.59 Å². The van der Waals surface area contributed by atoms with E-state index in [1.165, 1.54) is 4.90 Å². The number of rotatable bonds is 4. The van der Waals surface area contributed by atoms with Gasteiger partial charge >= 0.3 is 0 Å². The number of nitrogens with zero attached hydrogens (tertiary/aromatic N) is 1. The Balaban J connectivity index is 2.25. The summed E-state index contributed by atoms with van der Waals surface area (Å²) in [5, 5.41) is 0. The molecule has 0 spiro atoms. The monoisotopic (exact) mass is 292 g/mol. The number of nitrogens with two attached hydrogens (primary N) is 1. The first-order valence-corrected chi connectivity index (χ1v) is 6.71. The number of hydrogen-bond acceptors (Lipinski definition) is 4. The third-order valence-electron chi connectivity index (χ3n) is 3.43. The Morgan fingerprint density at radius 1 is 1.30 bits per heavy atom. The van der Waals surface area contributed by atoms with Gasteiger partial charge in [-0.15, -0.1) is 0 Å². The summed E-state index contributed by atoms with van der Waals surface area (Å²) < 4.78 is 5.38. The van der Waals surface area contributed by atoms with Crippen LogP contribution in [0.5, 0.6) is 5.75 Å². The van der Waals surface area contributed by atoms with Gasteiger partial charge in [0.1, 0.15) is 17.3 Å². The predicted molar refractivity (Wildman–Crippen MR) is 79.5 cm³/mol. The van der Waals surface area contributed by atoms with E-state index < -0.39 is 0 Å². The average Bonchev–Trinajstić information content (AvgIpc) is 2.61. The molecular weight excluding hydrogens is 276 g/mol. The lowest BCUT2D eigenvalue weighted by atomic mass is 10.00. The van der Waals surface area contributed by atoms with E-state index in [4.69, 9.17) is 22.7 Å². The lowest BCUT2D eigenvalue weighted by Gasteiger charge is -2.15. The van der Waals surface area contributed by atoms with Crippen LogP contribution in [-0.2, 0) is 9.59 Å². The van der Waals surface area contributed by atoms with E-state index in [0.717, 1.165) is 0 Å². The SMILES string of the molecule is CC1C(=O)N(c2cccc(OCC(N)=S)c2)C(=O)C1C. The van der Waals surface area contributed by atoms with E-state index in [1.807, 2.05) is 0 Å². The number of amides is 2. The van der Waals surface area contributed by atoms with Crippen molar-refractivity contribution in [1.82, 2.24) is 0 Å². The summed E-state index contributed by atoms with van der Waals surface area (Å²) >= 11 is 4.74. The Kier molecular flexibility index (Phi) is 4.04. The second kappa shape index (κ2) is 5.58. The second-order valence-corrected chi connectivity index (χ2v) is 5.37. The van der Waals surface area contributed by atoms with Crippen molar-refractivity contribution in [3.8, 4) is 5.75 Å². The summed E-state index contributed by atoms with van der Waals surface area (Å²) in [5.41, 5.74) is 5.88. The first-order chi connectivity index (χ1) is 9.41. The summed E-state index contributed by atoms with van der Waals surface area (Å²) in [7, 11) is 0. The maximum Gasteiger partial charge on any atom is 0.237 e. The average molecular weight is 292 g/mol. The maximum absolute atomic E-state index is 12.1. The van der Waals surface area contributed by atoms with Gasteiger partial charge in [0.05, 0.1) is 5.69 Å². The Labute approximate surface area is 122 Å². The standard InChI is InChI=1S/C14H16N2O3S/c1-8-9(2)14(18)16(13(8)17)10-4-3-5-11(6-10)19-7-12(15)20/h3-6,8-9H,7H2,1-2H3,(H2,15,20). The molecule has 2 unspecified atom stereocenters. The molecule has 0 bridgehead atoms. The largest absolute Gasteiger partial charge is 0.486 e. The topological polar surface area (TPSA) is 72.6 Å². The van der Waals surface area contributed by atoms with Crippen LogP contribution in [0.4, 0.5) is 5.69 Å². The number of anilines is 1. The van der Waals surface area contributed by atoms with Gasteiger partial charge in [-0.2, -0.15) is 0 Å². The first kappa shape index (κ1) is 14.5. The zero-order valence-corrected chi connectivity index (χ0v) is 12.1. The van der Waals surface area contributed by atoms with Crippen LogP contribution in [0.3, 0.4) is 0 Å². The second-order valence-electron chi connectivity index (χ2n) is 4.84. The van der Waals surface area contributed by atoms with Gasteiger partial charge in [0.15, 0.2) is 0 Å². The quantitative estimate of drug-likeness (QED) is 0.672. The van der Waals surface area contributed by atoms with Crippen LogP contribution in [0.1, 0.15) is 13.8 Å². The Bertz CT molecular complexity index is 553. The highest BCUT2D eigenvalue weighted by Crippen LogP contribution is 2.31. The van der Waals surface area contributed by atoms with Gasteiger partial charge in [-0.05, 0) is 12.1 Å². The molecule has 0 radical (unpaired) electrons. The minimum Gasteiger partial charge on any atom is -0.486 e. The number of carbonyl (C=O) groups excluding carboxylic acids is 2. The van der Waals surface area contributed by atoms with Crippen LogP contribution in [0.2, 0.25) is 0 Å². The van der Waals surface area contributed by atoms with Gasteiger partial charge in [0.2, 0.25) is 11.8 Å². The van der Waals surface area contributed by atoms with Crippen LogP contribution in [0.15, 0.2) is 24.3 Å². The van der Waals surface area contributed by atoms with E-state index in [-0.39, 0.29) is 35.2 Å². The van der Waals surface area contributed by atoms with Gasteiger partial charge < -0.3 is 10.5 Å². The number of benzene rings is 1. The van der Waals surface area contributed by atoms with E-state index in [0.29, 0.717) is 11.4 Å². The predicted octanol–water partition coefficient (Wildman–Crippen LogP) is 1.50. The molecule has 0 aromatic heterocycles. The minimum atomic E-state index is -0.302. The minimum absolute atomic E-state index is 0.119. The highest BCUT2D eigenvalue weighted by Gasteiger charge is 2.43. The molecule has 1 saturated heterocycles. The van der Waals surface area contributed by atoms with Gasteiger partial charge in [0, 0.05) is 17.9 Å². The van der Waals surface area contributed by atoms with Crippen LogP contribution in [0.25, 0.3) is 0 Å². The molecule has 5 nitrogen and oxygen atoms in total. The molecule has 1 aliphatic heterocycles.